The first kappa shape index (κ1) is 46.2. The van der Waals surface area contributed by atoms with Crippen molar-refractivity contribution in [2.24, 2.45) is 0 Å². The van der Waals surface area contributed by atoms with E-state index in [9.17, 15) is 19.7 Å². The predicted molar refractivity (Wildman–Crippen MR) is 221 cm³/mol. The molecule has 0 bridgehead atoms. The van der Waals surface area contributed by atoms with Crippen molar-refractivity contribution in [1.82, 2.24) is 14.6 Å². The molecule has 0 radical (unpaired) electrons. The van der Waals surface area contributed by atoms with Crippen LogP contribution in [-0.2, 0) is 40.0 Å². The normalized spacial score (nSPS) is 24.7. The lowest BCUT2D eigenvalue weighted by Crippen LogP contribution is -2.40. The number of ether oxygens (including phenoxy) is 3. The van der Waals surface area contributed by atoms with Crippen molar-refractivity contribution >= 4 is 42.4 Å². The summed E-state index contributed by atoms with van der Waals surface area (Å²) in [7, 11) is -4.69. The van der Waals surface area contributed by atoms with Gasteiger partial charge in [-0.3, -0.25) is 9.05 Å². The van der Waals surface area contributed by atoms with Gasteiger partial charge in [0, 0.05) is 13.0 Å². The minimum atomic E-state index is -4.69. The number of phosphoric acid groups is 1. The largest absolute Gasteiger partial charge is 0.472 e. The number of anilines is 1. The molecule has 320 valence electrons. The summed E-state index contributed by atoms with van der Waals surface area (Å²) in [5.41, 5.74) is 4.78. The minimum Gasteiger partial charge on any atom is -0.387 e. The van der Waals surface area contributed by atoms with Gasteiger partial charge in [-0.05, 0) is 43.2 Å². The Kier molecular flexibility index (Phi) is 17.9. The van der Waals surface area contributed by atoms with Crippen LogP contribution in [-0.4, -0.2) is 79.5 Å². The fourth-order valence-electron chi connectivity index (χ4n) is 7.72. The Morgan fingerprint density at radius 1 is 0.912 bits per heavy atom. The zero-order valence-corrected chi connectivity index (χ0v) is 35.9. The molecule has 0 amide bonds. The Morgan fingerprint density at radius 3 is 2.18 bits per heavy atom. The van der Waals surface area contributed by atoms with Gasteiger partial charge < -0.3 is 35.1 Å². The van der Waals surface area contributed by atoms with Gasteiger partial charge in [0.15, 0.2) is 5.82 Å². The first-order valence-corrected chi connectivity index (χ1v) is 23.1. The average Bonchev–Trinajstić information content (AvgIpc) is 3.56. The lowest BCUT2D eigenvalue weighted by Gasteiger charge is -2.27. The van der Waals surface area contributed by atoms with Crippen LogP contribution in [0.1, 0.15) is 134 Å². The molecule has 1 spiro atoms. The van der Waals surface area contributed by atoms with Gasteiger partial charge in [0.05, 0.1) is 35.6 Å². The van der Waals surface area contributed by atoms with E-state index in [0.29, 0.717) is 27.9 Å². The molecule has 3 heterocycles. The molecule has 1 saturated heterocycles. The van der Waals surface area contributed by atoms with Crippen LogP contribution in [0, 0.1) is 0 Å². The number of aliphatic hydroxyl groups is 2. The number of aliphatic hydroxyl groups excluding tert-OH is 2. The van der Waals surface area contributed by atoms with E-state index < -0.39 is 43.4 Å². The molecule has 1 unspecified atom stereocenters. The van der Waals surface area contributed by atoms with Crippen molar-refractivity contribution in [2.45, 2.75) is 165 Å². The Bertz CT molecular complexity index is 1740. The van der Waals surface area contributed by atoms with Gasteiger partial charge in [-0.15, -0.1) is 0 Å². The van der Waals surface area contributed by atoms with E-state index in [2.05, 4.69) is 17.0 Å². The number of benzene rings is 1. The molecule has 3 aromatic rings. The number of rotatable bonds is 28. The SMILES string of the molecule is CCCCCCCCCCCCCCCCCCOC[C@H](COP(=O)(O)O[C@@H]1C[C@@]12O[C@@](C)(c1ccc3c(N)ncnn13)[C@H](O)[C@@H]2O)OCc1ccc(Cl)c(Cl)c1. The Morgan fingerprint density at radius 2 is 1.54 bits per heavy atom. The topological polar surface area (TPSA) is 180 Å². The summed E-state index contributed by atoms with van der Waals surface area (Å²) < 4.78 is 44.0. The summed E-state index contributed by atoms with van der Waals surface area (Å²) in [6.45, 7) is 4.34. The van der Waals surface area contributed by atoms with Gasteiger partial charge in [0.25, 0.3) is 0 Å². The number of aromatic nitrogens is 3. The molecule has 57 heavy (non-hydrogen) atoms. The molecule has 2 aliphatic rings. The number of halogens is 2. The zero-order valence-electron chi connectivity index (χ0n) is 33.5. The molecular weight excluding hydrogens is 794 g/mol. The molecule has 5 rings (SSSR count). The van der Waals surface area contributed by atoms with E-state index in [1.807, 2.05) is 0 Å². The van der Waals surface area contributed by atoms with Gasteiger partial charge >= 0.3 is 7.82 Å². The summed E-state index contributed by atoms with van der Waals surface area (Å²) in [6, 6.07) is 8.51. The molecule has 1 saturated carbocycles. The molecule has 5 N–H and O–H groups in total. The molecule has 2 aromatic heterocycles. The van der Waals surface area contributed by atoms with Crippen LogP contribution in [0.5, 0.6) is 0 Å². The van der Waals surface area contributed by atoms with Gasteiger partial charge in [-0.2, -0.15) is 5.10 Å². The fraction of sp³-hybridized carbons (Fsp3) is 0.707. The number of nitrogens with zero attached hydrogens (tertiary/aromatic N) is 3. The third-order valence-corrected chi connectivity index (χ3v) is 13.0. The highest BCUT2D eigenvalue weighted by Gasteiger charge is 2.74. The number of nitrogens with two attached hydrogens (primary N) is 1. The molecule has 1 aliphatic heterocycles. The van der Waals surface area contributed by atoms with Crippen LogP contribution in [0.4, 0.5) is 5.82 Å². The highest BCUT2D eigenvalue weighted by atomic mass is 35.5. The van der Waals surface area contributed by atoms with E-state index in [1.54, 1.807) is 37.3 Å². The van der Waals surface area contributed by atoms with Crippen molar-refractivity contribution < 1.29 is 42.9 Å². The molecule has 7 atom stereocenters. The molecule has 16 heteroatoms. The number of phosphoric ester groups is 1. The quantitative estimate of drug-likeness (QED) is 0.0403. The van der Waals surface area contributed by atoms with Crippen LogP contribution in [0.2, 0.25) is 10.0 Å². The van der Waals surface area contributed by atoms with E-state index in [-0.39, 0.29) is 32.1 Å². The first-order valence-electron chi connectivity index (χ1n) is 20.8. The molecule has 1 aliphatic carbocycles. The fourth-order valence-corrected chi connectivity index (χ4v) is 9.03. The van der Waals surface area contributed by atoms with Crippen molar-refractivity contribution in [2.75, 3.05) is 25.6 Å². The Balaban J connectivity index is 1.03. The molecule has 2 fully saturated rings. The van der Waals surface area contributed by atoms with Gasteiger partial charge in [0.2, 0.25) is 0 Å². The number of nitrogen functional groups attached to an aromatic ring is 1. The second-order valence-corrected chi connectivity index (χ2v) is 18.1. The molecular formula is C41H63Cl2N4O9P. The average molecular weight is 858 g/mol. The maximum atomic E-state index is 13.2. The lowest BCUT2D eigenvalue weighted by atomic mass is 9.93. The Labute approximate surface area is 347 Å². The third-order valence-electron chi connectivity index (χ3n) is 11.2. The van der Waals surface area contributed by atoms with Gasteiger partial charge in [-0.25, -0.2) is 14.1 Å². The van der Waals surface area contributed by atoms with Crippen molar-refractivity contribution in [3.8, 4) is 0 Å². The summed E-state index contributed by atoms with van der Waals surface area (Å²) in [5.74, 6) is 0.235. The van der Waals surface area contributed by atoms with Crippen LogP contribution in [0.15, 0.2) is 36.7 Å². The summed E-state index contributed by atoms with van der Waals surface area (Å²) in [4.78, 5) is 14.8. The predicted octanol–water partition coefficient (Wildman–Crippen LogP) is 9.09. The smallest absolute Gasteiger partial charge is 0.387 e. The number of hydrogen-bond acceptors (Lipinski definition) is 11. The van der Waals surface area contributed by atoms with Crippen LogP contribution in [0.3, 0.4) is 0 Å². The number of unbranched alkanes of at least 4 members (excludes halogenated alkanes) is 15. The number of fused-ring (bicyclic) bond motifs is 1. The standard InChI is InChI=1S/C41H63Cl2N4O9P/c1-3-4-5-6-7-8-9-10-11-12-13-14-15-16-17-18-23-52-27-31(53-26-30-19-20-32(42)33(43)24-30)28-54-57(50,51)55-36-25-41(36)38(49)37(48)40(2,56-41)35-22-21-34-39(44)45-29-46-47(34)35/h19-22,24,29,31,36-38,48-49H,3-18,23,25-28H2,1-2H3,(H,50,51)(H2,44,45,46)/t31-,36-,37-,38+,40+,41-/m1/s1. The highest BCUT2D eigenvalue weighted by Crippen LogP contribution is 2.62. The van der Waals surface area contributed by atoms with E-state index in [1.165, 1.54) is 94.3 Å². The first-order chi connectivity index (χ1) is 27.4. The molecule has 13 nitrogen and oxygen atoms in total. The van der Waals surface area contributed by atoms with Crippen LogP contribution >= 0.6 is 31.0 Å². The minimum absolute atomic E-state index is 0.0504. The van der Waals surface area contributed by atoms with Crippen molar-refractivity contribution in [1.29, 1.82) is 0 Å². The van der Waals surface area contributed by atoms with Gasteiger partial charge in [0.1, 0.15) is 47.5 Å². The summed E-state index contributed by atoms with van der Waals surface area (Å²) in [6.07, 6.45) is 17.3. The lowest BCUT2D eigenvalue weighted by molar-refractivity contribution is -0.0995. The van der Waals surface area contributed by atoms with Crippen molar-refractivity contribution in [3.05, 3.63) is 58.0 Å². The number of hydrogen-bond donors (Lipinski definition) is 4. The van der Waals surface area contributed by atoms with E-state index in [4.69, 9.17) is 52.2 Å². The van der Waals surface area contributed by atoms with Gasteiger partial charge in [-0.1, -0.05) is 133 Å². The van der Waals surface area contributed by atoms with E-state index >= 15 is 0 Å². The second kappa shape index (κ2) is 22.1. The summed E-state index contributed by atoms with van der Waals surface area (Å²) in [5, 5.41) is 27.4. The van der Waals surface area contributed by atoms with E-state index in [0.717, 1.165) is 24.8 Å². The van der Waals surface area contributed by atoms with Crippen LogP contribution in [0.25, 0.3) is 5.52 Å². The monoisotopic (exact) mass is 856 g/mol. The zero-order chi connectivity index (χ0) is 40.9. The molecule has 1 aromatic carbocycles. The maximum Gasteiger partial charge on any atom is 0.472 e. The van der Waals surface area contributed by atoms with Crippen LogP contribution < -0.4 is 5.73 Å². The maximum absolute atomic E-state index is 13.2. The third kappa shape index (κ3) is 12.8. The second-order valence-electron chi connectivity index (χ2n) is 15.8. The van der Waals surface area contributed by atoms with Crippen molar-refractivity contribution in [3.63, 3.8) is 0 Å². The summed E-state index contributed by atoms with van der Waals surface area (Å²) >= 11 is 12.3. The highest BCUT2D eigenvalue weighted by molar-refractivity contribution is 7.47. The Hall–Kier alpha value is -1.87.